The third-order valence-corrected chi connectivity index (χ3v) is 5.05. The van der Waals surface area contributed by atoms with Gasteiger partial charge in [-0.3, -0.25) is 9.59 Å². The first-order valence-electron chi connectivity index (χ1n) is 9.18. The van der Waals surface area contributed by atoms with Gasteiger partial charge in [-0.2, -0.15) is 0 Å². The van der Waals surface area contributed by atoms with Crippen LogP contribution in [0.5, 0.6) is 0 Å². The van der Waals surface area contributed by atoms with E-state index in [0.717, 1.165) is 12.0 Å². The summed E-state index contributed by atoms with van der Waals surface area (Å²) < 4.78 is 0. The first-order chi connectivity index (χ1) is 13.0. The average Bonchev–Trinajstić information content (AvgIpc) is 2.94. The molecule has 1 aliphatic heterocycles. The zero-order valence-electron chi connectivity index (χ0n) is 15.6. The highest BCUT2D eigenvalue weighted by Crippen LogP contribution is 2.14. The van der Waals surface area contributed by atoms with Crippen LogP contribution in [0, 0.1) is 0 Å². The van der Waals surface area contributed by atoms with Crippen molar-refractivity contribution in [2.45, 2.75) is 18.9 Å². The van der Waals surface area contributed by atoms with Crippen LogP contribution in [0.25, 0.3) is 0 Å². The molecule has 0 radical (unpaired) electrons. The molecule has 1 heterocycles. The largest absolute Gasteiger partial charge is 0.339 e. The normalized spacial score (nSPS) is 15.4. The molecule has 5 nitrogen and oxygen atoms in total. The number of hydrogen-bond donors (Lipinski definition) is 1. The first kappa shape index (κ1) is 22.2. The predicted octanol–water partition coefficient (Wildman–Crippen LogP) is 3.01. The summed E-state index contributed by atoms with van der Waals surface area (Å²) in [6.45, 7) is 2.25. The Balaban J connectivity index is 0.00000280. The molecular weight excluding hydrogens is 397 g/mol. The third-order valence-electron chi connectivity index (χ3n) is 4.80. The van der Waals surface area contributed by atoms with Crippen LogP contribution < -0.4 is 5.73 Å². The lowest BCUT2D eigenvalue weighted by atomic mass is 10.1. The molecule has 0 aliphatic carbocycles. The fourth-order valence-corrected chi connectivity index (χ4v) is 3.43. The molecule has 28 heavy (non-hydrogen) atoms. The Bertz CT molecular complexity index is 784. The highest BCUT2D eigenvalue weighted by molar-refractivity contribution is 6.30. The van der Waals surface area contributed by atoms with Gasteiger partial charge in [0, 0.05) is 36.8 Å². The molecule has 1 atom stereocenters. The maximum atomic E-state index is 12.7. The summed E-state index contributed by atoms with van der Waals surface area (Å²) in [5.74, 6) is -0.0887. The maximum Gasteiger partial charge on any atom is 0.253 e. The van der Waals surface area contributed by atoms with Gasteiger partial charge in [0.05, 0.1) is 6.04 Å². The van der Waals surface area contributed by atoms with Crippen LogP contribution in [0.4, 0.5) is 0 Å². The number of carbonyl (C=O) groups is 2. The molecule has 2 N–H and O–H groups in total. The molecule has 0 bridgehead atoms. The third kappa shape index (κ3) is 5.71. The van der Waals surface area contributed by atoms with Gasteiger partial charge < -0.3 is 15.5 Å². The highest BCUT2D eigenvalue weighted by Gasteiger charge is 2.26. The van der Waals surface area contributed by atoms with E-state index in [-0.39, 0.29) is 24.2 Å². The van der Waals surface area contributed by atoms with E-state index in [4.69, 9.17) is 17.3 Å². The van der Waals surface area contributed by atoms with Crippen molar-refractivity contribution in [3.05, 3.63) is 70.7 Å². The Morgan fingerprint density at radius 3 is 2.21 bits per heavy atom. The van der Waals surface area contributed by atoms with E-state index in [9.17, 15) is 9.59 Å². The fraction of sp³-hybridized carbons (Fsp3) is 0.333. The van der Waals surface area contributed by atoms with Gasteiger partial charge >= 0.3 is 0 Å². The van der Waals surface area contributed by atoms with E-state index in [0.29, 0.717) is 43.2 Å². The smallest absolute Gasteiger partial charge is 0.253 e. The zero-order chi connectivity index (χ0) is 19.2. The molecule has 150 valence electrons. The Hall–Kier alpha value is -2.08. The van der Waals surface area contributed by atoms with Crippen LogP contribution in [0.15, 0.2) is 54.6 Å². The van der Waals surface area contributed by atoms with Gasteiger partial charge in [0.2, 0.25) is 5.91 Å². The summed E-state index contributed by atoms with van der Waals surface area (Å²) >= 11 is 5.89. The Kier molecular flexibility index (Phi) is 8.30. The SMILES string of the molecule is Cl.N[C@@H](Cc1ccccc1)C(=O)N1CCCN(C(=O)c2ccc(Cl)cc2)CC1. The van der Waals surface area contributed by atoms with Gasteiger partial charge in [0.25, 0.3) is 5.91 Å². The molecule has 2 aromatic rings. The second kappa shape index (κ2) is 10.5. The molecule has 1 aliphatic rings. The number of rotatable bonds is 4. The van der Waals surface area contributed by atoms with Crippen molar-refractivity contribution < 1.29 is 9.59 Å². The second-order valence-electron chi connectivity index (χ2n) is 6.77. The van der Waals surface area contributed by atoms with Crippen molar-refractivity contribution in [3.63, 3.8) is 0 Å². The standard InChI is InChI=1S/C21H24ClN3O2.ClH/c22-18-9-7-17(8-10-18)20(26)24-11-4-12-25(14-13-24)21(27)19(23)15-16-5-2-1-3-6-16;/h1-3,5-10,19H,4,11-15,23H2;1H/t19-;/m0./s1. The lowest BCUT2D eigenvalue weighted by molar-refractivity contribution is -0.132. The quantitative estimate of drug-likeness (QED) is 0.824. The number of nitrogens with zero attached hydrogens (tertiary/aromatic N) is 2. The molecule has 0 aromatic heterocycles. The molecule has 0 spiro atoms. The maximum absolute atomic E-state index is 12.7. The van der Waals surface area contributed by atoms with E-state index < -0.39 is 6.04 Å². The number of carbonyl (C=O) groups excluding carboxylic acids is 2. The molecule has 1 saturated heterocycles. The Morgan fingerprint density at radius 1 is 0.929 bits per heavy atom. The van der Waals surface area contributed by atoms with Crippen LogP contribution in [-0.2, 0) is 11.2 Å². The van der Waals surface area contributed by atoms with Crippen molar-refractivity contribution in [3.8, 4) is 0 Å². The first-order valence-corrected chi connectivity index (χ1v) is 9.55. The van der Waals surface area contributed by atoms with Gasteiger partial charge in [-0.15, -0.1) is 12.4 Å². The Morgan fingerprint density at radius 2 is 1.54 bits per heavy atom. The van der Waals surface area contributed by atoms with Gasteiger partial charge in [-0.25, -0.2) is 0 Å². The van der Waals surface area contributed by atoms with Crippen molar-refractivity contribution in [2.75, 3.05) is 26.2 Å². The minimum Gasteiger partial charge on any atom is -0.339 e. The van der Waals surface area contributed by atoms with Gasteiger partial charge in [0.1, 0.15) is 0 Å². The zero-order valence-corrected chi connectivity index (χ0v) is 17.2. The van der Waals surface area contributed by atoms with E-state index in [1.807, 2.05) is 30.3 Å². The monoisotopic (exact) mass is 421 g/mol. The molecular formula is C21H25Cl2N3O2. The average molecular weight is 422 g/mol. The van der Waals surface area contributed by atoms with Crippen LogP contribution in [0.3, 0.4) is 0 Å². The molecule has 1 fully saturated rings. The van der Waals surface area contributed by atoms with E-state index in [1.54, 1.807) is 34.1 Å². The van der Waals surface area contributed by atoms with Gasteiger partial charge in [-0.05, 0) is 42.7 Å². The molecule has 0 saturated carbocycles. The van der Waals surface area contributed by atoms with E-state index in [2.05, 4.69) is 0 Å². The minimum absolute atomic E-state index is 0. The Labute approximate surface area is 176 Å². The topological polar surface area (TPSA) is 66.6 Å². The minimum atomic E-state index is -0.564. The van der Waals surface area contributed by atoms with Gasteiger partial charge in [0.15, 0.2) is 0 Å². The van der Waals surface area contributed by atoms with Crippen LogP contribution in [0.2, 0.25) is 5.02 Å². The summed E-state index contributed by atoms with van der Waals surface area (Å²) in [7, 11) is 0. The summed E-state index contributed by atoms with van der Waals surface area (Å²) in [5, 5.41) is 0.603. The lowest BCUT2D eigenvalue weighted by Gasteiger charge is -2.25. The van der Waals surface area contributed by atoms with E-state index in [1.165, 1.54) is 0 Å². The molecule has 2 aromatic carbocycles. The number of hydrogen-bond acceptors (Lipinski definition) is 3. The van der Waals surface area contributed by atoms with E-state index >= 15 is 0 Å². The van der Waals surface area contributed by atoms with Crippen LogP contribution in [0.1, 0.15) is 22.3 Å². The number of nitrogens with two attached hydrogens (primary N) is 1. The number of halogens is 2. The summed E-state index contributed by atoms with van der Waals surface area (Å²) in [6, 6.07) is 16.1. The molecule has 7 heteroatoms. The second-order valence-corrected chi connectivity index (χ2v) is 7.21. The van der Waals surface area contributed by atoms with Crippen LogP contribution >= 0.6 is 24.0 Å². The highest BCUT2D eigenvalue weighted by atomic mass is 35.5. The van der Waals surface area contributed by atoms with Crippen molar-refractivity contribution in [1.29, 1.82) is 0 Å². The summed E-state index contributed by atoms with van der Waals surface area (Å²) in [6.07, 6.45) is 1.26. The van der Waals surface area contributed by atoms with Crippen molar-refractivity contribution in [1.82, 2.24) is 9.80 Å². The molecule has 2 amide bonds. The molecule has 0 unspecified atom stereocenters. The predicted molar refractivity (Wildman–Crippen MR) is 114 cm³/mol. The number of amides is 2. The summed E-state index contributed by atoms with van der Waals surface area (Å²) in [4.78, 5) is 29.0. The lowest BCUT2D eigenvalue weighted by Crippen LogP contribution is -2.46. The summed E-state index contributed by atoms with van der Waals surface area (Å²) in [5.41, 5.74) is 7.81. The van der Waals surface area contributed by atoms with Gasteiger partial charge in [-0.1, -0.05) is 41.9 Å². The van der Waals surface area contributed by atoms with Crippen molar-refractivity contribution in [2.24, 2.45) is 5.73 Å². The fourth-order valence-electron chi connectivity index (χ4n) is 3.31. The van der Waals surface area contributed by atoms with Crippen molar-refractivity contribution >= 4 is 35.8 Å². The molecule has 3 rings (SSSR count). The number of benzene rings is 2. The van der Waals surface area contributed by atoms with Crippen LogP contribution in [-0.4, -0.2) is 53.8 Å².